The van der Waals surface area contributed by atoms with Crippen molar-refractivity contribution in [3.63, 3.8) is 0 Å². The van der Waals surface area contributed by atoms with Crippen molar-refractivity contribution in [1.29, 1.82) is 5.41 Å². The van der Waals surface area contributed by atoms with E-state index in [0.29, 0.717) is 34.8 Å². The van der Waals surface area contributed by atoms with E-state index >= 15 is 0 Å². The predicted octanol–water partition coefficient (Wildman–Crippen LogP) is 4.90. The van der Waals surface area contributed by atoms with Gasteiger partial charge in [0.25, 0.3) is 5.91 Å². The first-order valence-corrected chi connectivity index (χ1v) is 11.8. The van der Waals surface area contributed by atoms with Gasteiger partial charge in [-0.25, -0.2) is 9.97 Å². The van der Waals surface area contributed by atoms with Crippen molar-refractivity contribution >= 4 is 23.3 Å². The number of rotatable bonds is 9. The molecule has 0 saturated heterocycles. The highest BCUT2D eigenvalue weighted by molar-refractivity contribution is 6.16. The molecule has 1 aromatic heterocycles. The zero-order valence-corrected chi connectivity index (χ0v) is 20.9. The Morgan fingerprint density at radius 3 is 2.43 bits per heavy atom. The van der Waals surface area contributed by atoms with Crippen molar-refractivity contribution in [3.05, 3.63) is 115 Å². The number of nitrogen functional groups attached to an aromatic ring is 1. The molecule has 0 spiro atoms. The van der Waals surface area contributed by atoms with E-state index in [1.807, 2.05) is 30.3 Å². The van der Waals surface area contributed by atoms with Crippen LogP contribution in [0, 0.1) is 5.41 Å². The van der Waals surface area contributed by atoms with Crippen LogP contribution in [0.25, 0.3) is 0 Å². The zero-order chi connectivity index (χ0) is 26.6. The molecule has 8 heteroatoms. The van der Waals surface area contributed by atoms with Crippen LogP contribution in [-0.4, -0.2) is 34.7 Å². The van der Waals surface area contributed by atoms with Crippen LogP contribution < -0.4 is 21.1 Å². The van der Waals surface area contributed by atoms with Crippen LogP contribution in [0.3, 0.4) is 0 Å². The quantitative estimate of drug-likeness (QED) is 0.190. The lowest BCUT2D eigenvalue weighted by Crippen LogP contribution is -2.23. The number of methoxy groups -OCH3 is 1. The average Bonchev–Trinajstić information content (AvgIpc) is 3.45. The number of nitrogens with zero attached hydrogens (tertiary/aromatic N) is 2. The molecule has 2 aromatic carbocycles. The highest BCUT2D eigenvalue weighted by atomic mass is 16.5. The van der Waals surface area contributed by atoms with E-state index in [4.69, 9.17) is 15.9 Å². The molecule has 5 N–H and O–H groups in total. The molecule has 0 aliphatic heterocycles. The second kappa shape index (κ2) is 13.4. The number of nitrogens with one attached hydrogen (secondary N) is 3. The molecule has 0 radical (unpaired) electrons. The van der Waals surface area contributed by atoms with Gasteiger partial charge in [0.15, 0.2) is 0 Å². The van der Waals surface area contributed by atoms with E-state index in [-0.39, 0.29) is 23.5 Å². The van der Waals surface area contributed by atoms with E-state index < -0.39 is 0 Å². The number of carbonyl (C=O) groups excluding carboxylic acids is 1. The summed E-state index contributed by atoms with van der Waals surface area (Å²) in [6, 6.07) is 14.7. The van der Waals surface area contributed by atoms with Crippen LogP contribution in [0.4, 0.5) is 11.6 Å². The normalized spacial score (nSPS) is 12.1. The minimum Gasteiger partial charge on any atom is -0.496 e. The number of aromatic nitrogens is 2. The Labute approximate surface area is 217 Å². The van der Waals surface area contributed by atoms with E-state index in [0.717, 1.165) is 18.4 Å². The molecule has 190 valence electrons. The van der Waals surface area contributed by atoms with E-state index in [2.05, 4.69) is 45.9 Å². The second-order valence-electron chi connectivity index (χ2n) is 8.19. The number of carbonyl (C=O) groups is 1. The van der Waals surface area contributed by atoms with Crippen LogP contribution in [0.1, 0.15) is 39.9 Å². The first-order valence-electron chi connectivity index (χ1n) is 11.8. The molecule has 0 unspecified atom stereocenters. The smallest absolute Gasteiger partial charge is 0.255 e. The molecule has 1 heterocycles. The summed E-state index contributed by atoms with van der Waals surface area (Å²) < 4.78 is 5.25. The van der Waals surface area contributed by atoms with Gasteiger partial charge in [-0.2, -0.15) is 0 Å². The number of hydrogen-bond acceptors (Lipinski definition) is 7. The first kappa shape index (κ1) is 26.9. The van der Waals surface area contributed by atoms with Crippen molar-refractivity contribution in [2.24, 2.45) is 0 Å². The highest BCUT2D eigenvalue weighted by Crippen LogP contribution is 2.25. The average molecular weight is 497 g/mol. The van der Waals surface area contributed by atoms with Crippen molar-refractivity contribution < 1.29 is 9.53 Å². The molecule has 1 aliphatic rings. The molecule has 1 amide bonds. The SMILES string of the molecule is C=CC=C.COc1ccccc1C(=O)NCc1ccc(C(=N)c2c(N)ncnc2NC2CC=CC2)cc1. The van der Waals surface area contributed by atoms with Gasteiger partial charge in [-0.3, -0.25) is 10.2 Å². The molecule has 37 heavy (non-hydrogen) atoms. The topological polar surface area (TPSA) is 126 Å². The molecular weight excluding hydrogens is 464 g/mol. The summed E-state index contributed by atoms with van der Waals surface area (Å²) in [5.74, 6) is 1.14. The summed E-state index contributed by atoms with van der Waals surface area (Å²) in [4.78, 5) is 20.9. The Morgan fingerprint density at radius 1 is 1.11 bits per heavy atom. The van der Waals surface area contributed by atoms with Crippen LogP contribution >= 0.6 is 0 Å². The van der Waals surface area contributed by atoms with Crippen LogP contribution in [0.5, 0.6) is 5.75 Å². The molecule has 0 saturated carbocycles. The number of allylic oxidation sites excluding steroid dienone is 2. The minimum atomic E-state index is -0.212. The Hall–Kier alpha value is -4.72. The van der Waals surface area contributed by atoms with Gasteiger partial charge in [-0.05, 0) is 30.5 Å². The fourth-order valence-electron chi connectivity index (χ4n) is 3.73. The molecule has 0 atom stereocenters. The maximum atomic E-state index is 12.5. The summed E-state index contributed by atoms with van der Waals surface area (Å²) >= 11 is 0. The number of hydrogen-bond donors (Lipinski definition) is 4. The molecule has 1 aliphatic carbocycles. The van der Waals surface area contributed by atoms with Crippen molar-refractivity contribution in [1.82, 2.24) is 15.3 Å². The van der Waals surface area contributed by atoms with Gasteiger partial charge in [0, 0.05) is 18.2 Å². The van der Waals surface area contributed by atoms with Gasteiger partial charge >= 0.3 is 0 Å². The lowest BCUT2D eigenvalue weighted by molar-refractivity contribution is 0.0948. The van der Waals surface area contributed by atoms with Crippen molar-refractivity contribution in [2.75, 3.05) is 18.2 Å². The first-order chi connectivity index (χ1) is 18.0. The Kier molecular flexibility index (Phi) is 9.73. The maximum absolute atomic E-state index is 12.5. The van der Waals surface area contributed by atoms with Gasteiger partial charge in [0.05, 0.1) is 23.9 Å². The van der Waals surface area contributed by atoms with Crippen LogP contribution in [0.2, 0.25) is 0 Å². The zero-order valence-electron chi connectivity index (χ0n) is 20.9. The predicted molar refractivity (Wildman–Crippen MR) is 149 cm³/mol. The van der Waals surface area contributed by atoms with E-state index in [1.54, 1.807) is 30.4 Å². The van der Waals surface area contributed by atoms with Crippen LogP contribution in [-0.2, 0) is 6.54 Å². The van der Waals surface area contributed by atoms with Crippen molar-refractivity contribution in [2.45, 2.75) is 25.4 Å². The summed E-state index contributed by atoms with van der Waals surface area (Å²) in [5, 5.41) is 15.0. The highest BCUT2D eigenvalue weighted by Gasteiger charge is 2.19. The summed E-state index contributed by atoms with van der Waals surface area (Å²) in [6.07, 6.45) is 10.7. The summed E-state index contributed by atoms with van der Waals surface area (Å²) in [7, 11) is 1.54. The largest absolute Gasteiger partial charge is 0.496 e. The molecular formula is C29H32N6O2. The Balaban J connectivity index is 0.000000886. The molecule has 3 aromatic rings. The fourth-order valence-corrected chi connectivity index (χ4v) is 3.73. The van der Waals surface area contributed by atoms with E-state index in [1.165, 1.54) is 13.4 Å². The standard InChI is InChI=1S/C25H26N6O2.C4H6/c1-33-20-9-5-4-8-19(20)25(32)28-14-16-10-12-17(13-11-16)22(26)21-23(27)29-15-30-24(21)31-18-6-2-3-7-18;1-3-4-2/h2-5,8-13,15,18,26H,6-7,14H2,1H3,(H,28,32)(H3,27,29,30,31);3-4H,1-2H2. The summed E-state index contributed by atoms with van der Waals surface area (Å²) in [6.45, 7) is 7.07. The van der Waals surface area contributed by atoms with Gasteiger partial charge < -0.3 is 21.1 Å². The van der Waals surface area contributed by atoms with Crippen molar-refractivity contribution in [3.8, 4) is 5.75 Å². The van der Waals surface area contributed by atoms with Gasteiger partial charge in [-0.1, -0.05) is 73.9 Å². The molecule has 4 rings (SSSR count). The van der Waals surface area contributed by atoms with E-state index in [9.17, 15) is 4.79 Å². The maximum Gasteiger partial charge on any atom is 0.255 e. The van der Waals surface area contributed by atoms with Crippen LogP contribution in [0.15, 0.2) is 92.3 Å². The lowest BCUT2D eigenvalue weighted by Gasteiger charge is -2.17. The third kappa shape index (κ3) is 7.14. The number of nitrogens with two attached hydrogens (primary N) is 1. The number of ether oxygens (including phenoxy) is 1. The second-order valence-corrected chi connectivity index (χ2v) is 8.19. The number of amides is 1. The molecule has 8 nitrogen and oxygen atoms in total. The monoisotopic (exact) mass is 496 g/mol. The number of para-hydroxylation sites is 1. The minimum absolute atomic E-state index is 0.212. The fraction of sp³-hybridized carbons (Fsp3) is 0.172. The van der Waals surface area contributed by atoms with Gasteiger partial charge in [0.2, 0.25) is 0 Å². The number of benzene rings is 2. The third-order valence-electron chi connectivity index (χ3n) is 5.69. The number of anilines is 2. The van der Waals surface area contributed by atoms with Gasteiger partial charge in [-0.15, -0.1) is 0 Å². The summed E-state index contributed by atoms with van der Waals surface area (Å²) in [5.41, 5.74) is 8.92. The Morgan fingerprint density at radius 2 is 1.78 bits per heavy atom. The lowest BCUT2D eigenvalue weighted by atomic mass is 10.0. The molecule has 0 bridgehead atoms. The molecule has 0 fully saturated rings. The van der Waals surface area contributed by atoms with Gasteiger partial charge in [0.1, 0.15) is 23.7 Å². The third-order valence-corrected chi connectivity index (χ3v) is 5.69. The Bertz CT molecular complexity index is 1270.